The molecule has 0 saturated heterocycles. The van der Waals surface area contributed by atoms with Gasteiger partial charge >= 0.3 is 0 Å². The Kier molecular flexibility index (Phi) is 6.22. The fraction of sp³-hybridized carbons (Fsp3) is 0.217. The van der Waals surface area contributed by atoms with Crippen molar-refractivity contribution < 1.29 is 9.21 Å². The zero-order chi connectivity index (χ0) is 20.1. The van der Waals surface area contributed by atoms with E-state index in [1.165, 1.54) is 9.75 Å². The number of hydrogen-bond acceptors (Lipinski definition) is 5. The highest BCUT2D eigenvalue weighted by molar-refractivity contribution is 7.10. The molecule has 0 bridgehead atoms. The van der Waals surface area contributed by atoms with Crippen molar-refractivity contribution in [1.82, 2.24) is 9.88 Å². The van der Waals surface area contributed by atoms with E-state index in [1.807, 2.05) is 65.0 Å². The minimum absolute atomic E-state index is 0.115. The number of nitrogens with zero attached hydrogens (tertiary/aromatic N) is 2. The van der Waals surface area contributed by atoms with Crippen LogP contribution in [-0.4, -0.2) is 15.8 Å². The van der Waals surface area contributed by atoms with Gasteiger partial charge in [-0.1, -0.05) is 42.5 Å². The van der Waals surface area contributed by atoms with E-state index in [-0.39, 0.29) is 5.91 Å². The molecule has 3 aromatic heterocycles. The third-order valence-corrected chi connectivity index (χ3v) is 6.36. The van der Waals surface area contributed by atoms with E-state index >= 15 is 0 Å². The molecule has 148 valence electrons. The molecule has 0 aliphatic rings. The largest absolute Gasteiger partial charge is 0.440 e. The first kappa shape index (κ1) is 19.6. The van der Waals surface area contributed by atoms with E-state index < -0.39 is 0 Å². The molecule has 1 aromatic carbocycles. The van der Waals surface area contributed by atoms with Gasteiger partial charge in [0.1, 0.15) is 0 Å². The molecule has 0 aliphatic carbocycles. The number of aromatic nitrogens is 1. The molecule has 0 atom stereocenters. The lowest BCUT2D eigenvalue weighted by Crippen LogP contribution is -2.29. The molecule has 0 spiro atoms. The number of carbonyl (C=O) groups is 1. The van der Waals surface area contributed by atoms with Crippen LogP contribution in [-0.2, 0) is 24.3 Å². The van der Waals surface area contributed by atoms with Crippen LogP contribution in [0.15, 0.2) is 69.8 Å². The predicted octanol–water partition coefficient (Wildman–Crippen LogP) is 5.93. The van der Waals surface area contributed by atoms with Crippen LogP contribution in [0, 0.1) is 6.92 Å². The molecule has 0 fully saturated rings. The van der Waals surface area contributed by atoms with Crippen molar-refractivity contribution in [2.75, 3.05) is 0 Å². The first-order valence-electron chi connectivity index (χ1n) is 9.53. The molecule has 3 heterocycles. The zero-order valence-corrected chi connectivity index (χ0v) is 17.8. The lowest BCUT2D eigenvalue weighted by molar-refractivity contribution is -0.132. The number of aryl methyl sites for hydroxylation is 2. The maximum absolute atomic E-state index is 13.0. The smallest absolute Gasteiger partial charge is 0.223 e. The molecule has 0 N–H and O–H groups in total. The lowest BCUT2D eigenvalue weighted by Gasteiger charge is -2.21. The number of hydrogen-bond donors (Lipinski definition) is 0. The van der Waals surface area contributed by atoms with Crippen LogP contribution < -0.4 is 0 Å². The van der Waals surface area contributed by atoms with Gasteiger partial charge in [-0.2, -0.15) is 0 Å². The summed E-state index contributed by atoms with van der Waals surface area (Å²) in [6, 6.07) is 18.1. The van der Waals surface area contributed by atoms with Crippen LogP contribution in [0.1, 0.15) is 27.8 Å². The monoisotopic (exact) mass is 422 g/mol. The molecule has 0 radical (unpaired) electrons. The molecular formula is C23H22N2O2S2. The standard InChI is InChI=1S/C23H22N2O2S2/c1-17-23(18-7-3-2-4-8-18)27-21(24-17)11-12-22(26)25(15-19-9-5-13-28-19)16-20-10-6-14-29-20/h2-10,13-14H,11-12,15-16H2,1H3. The maximum Gasteiger partial charge on any atom is 0.223 e. The highest BCUT2D eigenvalue weighted by Gasteiger charge is 2.18. The average molecular weight is 423 g/mol. The van der Waals surface area contributed by atoms with E-state index in [9.17, 15) is 4.79 Å². The third-order valence-electron chi connectivity index (χ3n) is 4.64. The molecule has 4 nitrogen and oxygen atoms in total. The Labute approximate surface area is 178 Å². The van der Waals surface area contributed by atoms with Crippen LogP contribution in [0.2, 0.25) is 0 Å². The summed E-state index contributed by atoms with van der Waals surface area (Å²) in [4.78, 5) is 21.8. The highest BCUT2D eigenvalue weighted by atomic mass is 32.1. The molecule has 6 heteroatoms. The molecule has 0 unspecified atom stereocenters. The van der Waals surface area contributed by atoms with Crippen molar-refractivity contribution in [1.29, 1.82) is 0 Å². The summed E-state index contributed by atoms with van der Waals surface area (Å²) < 4.78 is 5.96. The van der Waals surface area contributed by atoms with Crippen LogP contribution in [0.25, 0.3) is 11.3 Å². The average Bonchev–Trinajstić information content (AvgIpc) is 3.49. The van der Waals surface area contributed by atoms with Gasteiger partial charge in [0.15, 0.2) is 11.7 Å². The van der Waals surface area contributed by atoms with Crippen LogP contribution >= 0.6 is 22.7 Å². The molecule has 0 aliphatic heterocycles. The Morgan fingerprint density at radius 2 is 1.62 bits per heavy atom. The Morgan fingerprint density at radius 1 is 0.966 bits per heavy atom. The van der Waals surface area contributed by atoms with E-state index in [0.29, 0.717) is 31.8 Å². The Bertz CT molecular complexity index is 1000. The van der Waals surface area contributed by atoms with E-state index in [2.05, 4.69) is 17.1 Å². The highest BCUT2D eigenvalue weighted by Crippen LogP contribution is 2.25. The minimum atomic E-state index is 0.115. The summed E-state index contributed by atoms with van der Waals surface area (Å²) in [7, 11) is 0. The van der Waals surface area contributed by atoms with Crippen molar-refractivity contribution in [3.05, 3.63) is 86.7 Å². The van der Waals surface area contributed by atoms with Gasteiger partial charge < -0.3 is 9.32 Å². The number of thiophene rings is 2. The summed E-state index contributed by atoms with van der Waals surface area (Å²) in [5.41, 5.74) is 1.86. The van der Waals surface area contributed by atoms with Gasteiger partial charge in [-0.15, -0.1) is 22.7 Å². The van der Waals surface area contributed by atoms with Crippen molar-refractivity contribution in [3.63, 3.8) is 0 Å². The lowest BCUT2D eigenvalue weighted by atomic mass is 10.1. The number of oxazole rings is 1. The van der Waals surface area contributed by atoms with Gasteiger partial charge in [-0.25, -0.2) is 4.98 Å². The third kappa shape index (κ3) is 5.02. The van der Waals surface area contributed by atoms with Crippen molar-refractivity contribution >= 4 is 28.6 Å². The first-order valence-corrected chi connectivity index (χ1v) is 11.3. The van der Waals surface area contributed by atoms with Gasteiger partial charge in [0.25, 0.3) is 0 Å². The summed E-state index contributed by atoms with van der Waals surface area (Å²) in [5.74, 6) is 1.51. The van der Waals surface area contributed by atoms with Crippen molar-refractivity contribution in [2.45, 2.75) is 32.9 Å². The molecule has 0 saturated carbocycles. The maximum atomic E-state index is 13.0. The van der Waals surface area contributed by atoms with Crippen LogP contribution in [0.4, 0.5) is 0 Å². The number of benzene rings is 1. The predicted molar refractivity (Wildman–Crippen MR) is 118 cm³/mol. The van der Waals surface area contributed by atoms with Gasteiger partial charge in [-0.05, 0) is 29.8 Å². The molecular weight excluding hydrogens is 400 g/mol. The second-order valence-electron chi connectivity index (χ2n) is 6.80. The fourth-order valence-corrected chi connectivity index (χ4v) is 4.64. The first-order chi connectivity index (χ1) is 14.2. The van der Waals surface area contributed by atoms with E-state index in [0.717, 1.165) is 17.0 Å². The summed E-state index contributed by atoms with van der Waals surface area (Å²) in [5, 5.41) is 4.09. The number of carbonyl (C=O) groups excluding carboxylic acids is 1. The zero-order valence-electron chi connectivity index (χ0n) is 16.2. The number of amides is 1. The van der Waals surface area contributed by atoms with E-state index in [1.54, 1.807) is 22.7 Å². The van der Waals surface area contributed by atoms with Crippen LogP contribution in [0.3, 0.4) is 0 Å². The van der Waals surface area contributed by atoms with Gasteiger partial charge in [0.05, 0.1) is 18.8 Å². The van der Waals surface area contributed by atoms with Gasteiger partial charge in [0, 0.05) is 28.2 Å². The van der Waals surface area contributed by atoms with Gasteiger partial charge in [-0.3, -0.25) is 4.79 Å². The van der Waals surface area contributed by atoms with Crippen LogP contribution in [0.5, 0.6) is 0 Å². The van der Waals surface area contributed by atoms with Gasteiger partial charge in [0.2, 0.25) is 5.91 Å². The fourth-order valence-electron chi connectivity index (χ4n) is 3.20. The quantitative estimate of drug-likeness (QED) is 0.353. The molecule has 4 rings (SSSR count). The summed E-state index contributed by atoms with van der Waals surface area (Å²) in [6.45, 7) is 3.21. The van der Waals surface area contributed by atoms with Crippen molar-refractivity contribution in [3.8, 4) is 11.3 Å². The summed E-state index contributed by atoms with van der Waals surface area (Å²) >= 11 is 3.35. The summed E-state index contributed by atoms with van der Waals surface area (Å²) in [6.07, 6.45) is 0.878. The SMILES string of the molecule is Cc1nc(CCC(=O)N(Cc2cccs2)Cc2cccs2)oc1-c1ccccc1. The Hall–Kier alpha value is -2.70. The topological polar surface area (TPSA) is 46.3 Å². The molecule has 4 aromatic rings. The second kappa shape index (κ2) is 9.20. The Morgan fingerprint density at radius 3 is 2.21 bits per heavy atom. The van der Waals surface area contributed by atoms with E-state index in [4.69, 9.17) is 4.42 Å². The molecule has 1 amide bonds. The normalized spacial score (nSPS) is 10.9. The minimum Gasteiger partial charge on any atom is -0.440 e. The Balaban J connectivity index is 1.43. The molecule has 29 heavy (non-hydrogen) atoms. The second-order valence-corrected chi connectivity index (χ2v) is 8.86. The van der Waals surface area contributed by atoms with Crippen molar-refractivity contribution in [2.24, 2.45) is 0 Å². The number of rotatable bonds is 8.